The highest BCUT2D eigenvalue weighted by Gasteiger charge is 2.12. The van der Waals surface area contributed by atoms with Crippen LogP contribution in [0.1, 0.15) is 11.1 Å². The molecule has 0 aliphatic rings. The summed E-state index contributed by atoms with van der Waals surface area (Å²) in [6.45, 7) is 1.28. The van der Waals surface area contributed by atoms with E-state index in [1.165, 1.54) is 0 Å². The highest BCUT2D eigenvalue weighted by Crippen LogP contribution is 2.11. The lowest BCUT2D eigenvalue weighted by atomic mass is 10.1. The molecule has 0 N–H and O–H groups in total. The lowest BCUT2D eigenvalue weighted by molar-refractivity contribution is -0.124. The quantitative estimate of drug-likeness (QED) is 0.773. The molecule has 0 saturated carbocycles. The summed E-state index contributed by atoms with van der Waals surface area (Å²) >= 11 is 0. The van der Waals surface area contributed by atoms with Crippen molar-refractivity contribution in [3.8, 4) is 0 Å². The Hall–Kier alpha value is -1.87. The molecule has 0 aromatic heterocycles. The van der Waals surface area contributed by atoms with Crippen molar-refractivity contribution in [2.45, 2.75) is 13.1 Å². The van der Waals surface area contributed by atoms with Crippen LogP contribution in [-0.4, -0.2) is 28.7 Å². The van der Waals surface area contributed by atoms with E-state index < -0.39 is 0 Å². The highest BCUT2D eigenvalue weighted by molar-refractivity contribution is 8.14. The van der Waals surface area contributed by atoms with Gasteiger partial charge in [-0.3, -0.25) is 4.79 Å². The fourth-order valence-electron chi connectivity index (χ4n) is 2.10. The molecule has 0 bridgehead atoms. The number of amides is 1. The van der Waals surface area contributed by atoms with Crippen LogP contribution in [0.5, 0.6) is 0 Å². The molecule has 0 radical (unpaired) electrons. The van der Waals surface area contributed by atoms with E-state index in [1.54, 1.807) is 0 Å². The second-order valence-electron chi connectivity index (χ2n) is 5.16. The zero-order valence-corrected chi connectivity index (χ0v) is 13.3. The summed E-state index contributed by atoms with van der Waals surface area (Å²) in [7, 11) is 0.00156. The van der Waals surface area contributed by atoms with Crippen molar-refractivity contribution in [3.63, 3.8) is 0 Å². The monoisotopic (exact) mass is 299 g/mol. The number of carbonyl (C=O) groups excluding carboxylic acids is 1. The molecule has 1 amide bonds. The van der Waals surface area contributed by atoms with Crippen LogP contribution >= 0.6 is 10.5 Å². The number of rotatable bonds is 5. The van der Waals surface area contributed by atoms with Gasteiger partial charge in [0.05, 0.1) is 0 Å². The highest BCUT2D eigenvalue weighted by atomic mass is 32.2. The fraction of sp³-hybridized carbons (Fsp3) is 0.222. The van der Waals surface area contributed by atoms with E-state index in [4.69, 9.17) is 0 Å². The van der Waals surface area contributed by atoms with Crippen LogP contribution in [0.3, 0.4) is 0 Å². The molecule has 0 unspecified atom stereocenters. The lowest BCUT2D eigenvalue weighted by Gasteiger charge is -2.22. The molecular formula is C18H21NOS. The standard InChI is InChI=1S/C18H21NOS/c1-21(2)15-18(20)19(13-16-9-5-3-6-10-16)14-17-11-7-4-8-12-17/h3-12,15H,13-14H2,1-2H3. The minimum Gasteiger partial charge on any atom is -0.330 e. The van der Waals surface area contributed by atoms with Crippen LogP contribution in [0.2, 0.25) is 0 Å². The van der Waals surface area contributed by atoms with Gasteiger partial charge in [-0.25, -0.2) is 0 Å². The number of hydrogen-bond donors (Lipinski definition) is 0. The van der Waals surface area contributed by atoms with Gasteiger partial charge in [0.1, 0.15) is 0 Å². The molecule has 2 aromatic carbocycles. The van der Waals surface area contributed by atoms with Crippen LogP contribution in [0, 0.1) is 0 Å². The first-order valence-corrected chi connectivity index (χ1v) is 9.03. The van der Waals surface area contributed by atoms with E-state index in [0.717, 1.165) is 11.1 Å². The molecule has 0 spiro atoms. The van der Waals surface area contributed by atoms with E-state index in [1.807, 2.05) is 46.7 Å². The van der Waals surface area contributed by atoms with E-state index in [2.05, 4.69) is 36.8 Å². The molecule has 2 rings (SSSR count). The second kappa shape index (κ2) is 7.79. The molecule has 3 heteroatoms. The van der Waals surface area contributed by atoms with Gasteiger partial charge < -0.3 is 4.90 Å². The lowest BCUT2D eigenvalue weighted by Crippen LogP contribution is -2.30. The average Bonchev–Trinajstić information content (AvgIpc) is 2.48. The summed E-state index contributed by atoms with van der Waals surface area (Å²) < 4.78 is 0. The van der Waals surface area contributed by atoms with Crippen molar-refractivity contribution in [2.75, 3.05) is 12.5 Å². The summed E-state index contributed by atoms with van der Waals surface area (Å²) in [6.07, 6.45) is 4.11. The zero-order valence-electron chi connectivity index (χ0n) is 12.5. The second-order valence-corrected chi connectivity index (χ2v) is 7.16. The predicted octanol–water partition coefficient (Wildman–Crippen LogP) is 3.55. The van der Waals surface area contributed by atoms with E-state index in [9.17, 15) is 4.79 Å². The fourth-order valence-corrected chi connectivity index (χ4v) is 2.65. The molecule has 0 fully saturated rings. The van der Waals surface area contributed by atoms with Gasteiger partial charge in [0.25, 0.3) is 5.91 Å². The summed E-state index contributed by atoms with van der Waals surface area (Å²) in [5.74, 6) is 0.107. The van der Waals surface area contributed by atoms with Crippen LogP contribution in [0.15, 0.2) is 60.7 Å². The van der Waals surface area contributed by atoms with Gasteiger partial charge in [-0.15, -0.1) is 0 Å². The number of benzene rings is 2. The summed E-state index contributed by atoms with van der Waals surface area (Å²) in [5, 5.41) is 1.81. The Bertz CT molecular complexity index is 562. The molecule has 21 heavy (non-hydrogen) atoms. The minimum atomic E-state index is 0.00156. The maximum atomic E-state index is 12.4. The van der Waals surface area contributed by atoms with Gasteiger partial charge in [-0.05, 0) is 23.6 Å². The van der Waals surface area contributed by atoms with Crippen LogP contribution in [0.25, 0.3) is 0 Å². The SMILES string of the molecule is CS(C)=CC(=O)N(Cc1ccccc1)Cc1ccccc1. The Morgan fingerprint density at radius 1 is 0.905 bits per heavy atom. The summed E-state index contributed by atoms with van der Waals surface area (Å²) in [4.78, 5) is 14.3. The summed E-state index contributed by atoms with van der Waals surface area (Å²) in [5.41, 5.74) is 2.31. The van der Waals surface area contributed by atoms with Gasteiger partial charge in [-0.1, -0.05) is 60.7 Å². The molecule has 110 valence electrons. The molecular weight excluding hydrogens is 278 g/mol. The predicted molar refractivity (Wildman–Crippen MR) is 92.6 cm³/mol. The smallest absolute Gasteiger partial charge is 0.252 e. The molecule has 0 heterocycles. The molecule has 0 atom stereocenters. The first-order valence-electron chi connectivity index (χ1n) is 6.93. The normalized spacial score (nSPS) is 10.4. The van der Waals surface area contributed by atoms with Crippen LogP contribution in [0.4, 0.5) is 0 Å². The van der Waals surface area contributed by atoms with Crippen LogP contribution in [-0.2, 0) is 17.9 Å². The van der Waals surface area contributed by atoms with Crippen LogP contribution < -0.4 is 0 Å². The first kappa shape index (κ1) is 15.5. The van der Waals surface area contributed by atoms with Crippen molar-refractivity contribution >= 4 is 21.8 Å². The molecule has 0 saturated heterocycles. The third kappa shape index (κ3) is 5.20. The van der Waals surface area contributed by atoms with E-state index >= 15 is 0 Å². The molecule has 0 aliphatic heterocycles. The first-order chi connectivity index (χ1) is 10.1. The molecule has 2 aromatic rings. The van der Waals surface area contributed by atoms with Gasteiger partial charge >= 0.3 is 0 Å². The topological polar surface area (TPSA) is 20.3 Å². The molecule has 0 aliphatic carbocycles. The largest absolute Gasteiger partial charge is 0.330 e. The number of nitrogens with zero attached hydrogens (tertiary/aromatic N) is 1. The maximum absolute atomic E-state index is 12.4. The molecule has 2 nitrogen and oxygen atoms in total. The Morgan fingerprint density at radius 2 is 1.33 bits per heavy atom. The Balaban J connectivity index is 2.18. The third-order valence-corrected chi connectivity index (χ3v) is 3.75. The summed E-state index contributed by atoms with van der Waals surface area (Å²) in [6, 6.07) is 20.3. The van der Waals surface area contributed by atoms with Crippen molar-refractivity contribution in [1.82, 2.24) is 4.90 Å². The average molecular weight is 299 g/mol. The number of hydrogen-bond acceptors (Lipinski definition) is 1. The van der Waals surface area contributed by atoms with Crippen molar-refractivity contribution in [1.29, 1.82) is 0 Å². The van der Waals surface area contributed by atoms with Gasteiger partial charge in [-0.2, -0.15) is 10.5 Å². The number of carbonyl (C=O) groups is 1. The van der Waals surface area contributed by atoms with E-state index in [-0.39, 0.29) is 16.4 Å². The third-order valence-electron chi connectivity index (χ3n) is 3.08. The van der Waals surface area contributed by atoms with E-state index in [0.29, 0.717) is 13.1 Å². The van der Waals surface area contributed by atoms with Gasteiger partial charge in [0.15, 0.2) is 0 Å². The Labute approximate surface area is 129 Å². The maximum Gasteiger partial charge on any atom is 0.252 e. The Kier molecular flexibility index (Phi) is 5.76. The Morgan fingerprint density at radius 3 is 1.71 bits per heavy atom. The van der Waals surface area contributed by atoms with Crippen molar-refractivity contribution in [3.05, 3.63) is 71.8 Å². The zero-order chi connectivity index (χ0) is 15.1. The van der Waals surface area contributed by atoms with Gasteiger partial charge in [0, 0.05) is 18.5 Å². The van der Waals surface area contributed by atoms with Crippen molar-refractivity contribution in [2.24, 2.45) is 0 Å². The van der Waals surface area contributed by atoms with Gasteiger partial charge in [0.2, 0.25) is 0 Å². The van der Waals surface area contributed by atoms with Crippen molar-refractivity contribution < 1.29 is 4.79 Å². The minimum absolute atomic E-state index is 0.00156.